The zero-order valence-corrected chi connectivity index (χ0v) is 37.5. The molecule has 7 rings (SSSR count). The number of carbonyl (C=O) groups is 3. The van der Waals surface area contributed by atoms with Gasteiger partial charge in [0.05, 0.1) is 16.5 Å². The monoisotopic (exact) mass is 894 g/mol. The molecule has 2 heterocycles. The molecule has 1 aromatic heterocycles. The van der Waals surface area contributed by atoms with E-state index >= 15 is 0 Å². The second-order valence-corrected chi connectivity index (χ2v) is 19.2. The van der Waals surface area contributed by atoms with Gasteiger partial charge in [0.15, 0.2) is 5.76 Å². The molecular weight excluding hydrogens is 841 g/mol. The third-order valence-electron chi connectivity index (χ3n) is 11.1. The van der Waals surface area contributed by atoms with Gasteiger partial charge in [0, 0.05) is 49.4 Å². The zero-order chi connectivity index (χ0) is 44.5. The summed E-state index contributed by atoms with van der Waals surface area (Å²) in [4.78, 5) is 46.8. The topological polar surface area (TPSA) is 115 Å². The Hall–Kier alpha value is -4.88. The Bertz CT molecular complexity index is 2270. The molecule has 0 unspecified atom stereocenters. The Morgan fingerprint density at radius 1 is 0.839 bits per heavy atom. The first-order valence-corrected chi connectivity index (χ1v) is 22.0. The van der Waals surface area contributed by atoms with Gasteiger partial charge in [-0.1, -0.05) is 52.6 Å². The summed E-state index contributed by atoms with van der Waals surface area (Å²) in [5, 5.41) is 4.02. The lowest BCUT2D eigenvalue weighted by atomic mass is 9.79. The highest BCUT2D eigenvalue weighted by Crippen LogP contribution is 2.40. The fourth-order valence-electron chi connectivity index (χ4n) is 7.77. The molecule has 0 bridgehead atoms. The molecule has 0 spiro atoms. The lowest BCUT2D eigenvalue weighted by Crippen LogP contribution is -2.51. The number of nitrogens with zero attached hydrogens (tertiary/aromatic N) is 4. The van der Waals surface area contributed by atoms with Crippen molar-refractivity contribution in [3.63, 3.8) is 0 Å². The van der Waals surface area contributed by atoms with E-state index in [0.717, 1.165) is 54.5 Å². The quantitative estimate of drug-likeness (QED) is 0.122. The second-order valence-electron chi connectivity index (χ2n) is 18.5. The fourth-order valence-corrected chi connectivity index (χ4v) is 8.20. The van der Waals surface area contributed by atoms with Crippen LogP contribution < -0.4 is 4.74 Å². The van der Waals surface area contributed by atoms with Crippen LogP contribution in [0.3, 0.4) is 0 Å². The number of aromatic nitrogens is 1. The maximum absolute atomic E-state index is 14.9. The number of benzene rings is 3. The van der Waals surface area contributed by atoms with Crippen molar-refractivity contribution in [3.8, 4) is 17.0 Å². The molecule has 2 saturated carbocycles. The number of hydrogen-bond donors (Lipinski definition) is 0. The van der Waals surface area contributed by atoms with Crippen molar-refractivity contribution in [2.24, 2.45) is 5.92 Å². The molecule has 3 amide bonds. The van der Waals surface area contributed by atoms with Crippen LogP contribution in [0.4, 0.5) is 18.4 Å². The van der Waals surface area contributed by atoms with Gasteiger partial charge in [-0.05, 0) is 133 Å². The van der Waals surface area contributed by atoms with Gasteiger partial charge in [-0.15, -0.1) is 0 Å². The van der Waals surface area contributed by atoms with Gasteiger partial charge in [-0.2, -0.15) is 0 Å². The molecule has 4 aromatic rings. The highest BCUT2D eigenvalue weighted by molar-refractivity contribution is 6.33. The van der Waals surface area contributed by atoms with Crippen molar-refractivity contribution in [2.75, 3.05) is 19.6 Å². The summed E-state index contributed by atoms with van der Waals surface area (Å²) in [7, 11) is 0. The van der Waals surface area contributed by atoms with Crippen molar-refractivity contribution < 1.29 is 41.9 Å². The van der Waals surface area contributed by atoms with Crippen LogP contribution in [0.1, 0.15) is 102 Å². The molecule has 332 valence electrons. The molecular formula is C47H54Cl2F2N4O7. The van der Waals surface area contributed by atoms with Crippen LogP contribution in [0.2, 0.25) is 10.0 Å². The highest BCUT2D eigenvalue weighted by Gasteiger charge is 2.43. The first-order chi connectivity index (χ1) is 29.3. The van der Waals surface area contributed by atoms with Crippen LogP contribution in [0.25, 0.3) is 11.3 Å². The van der Waals surface area contributed by atoms with Crippen molar-refractivity contribution in [2.45, 2.75) is 122 Å². The van der Waals surface area contributed by atoms with Crippen molar-refractivity contribution in [1.82, 2.24) is 19.9 Å². The van der Waals surface area contributed by atoms with Crippen LogP contribution in [0, 0.1) is 17.6 Å². The largest absolute Gasteiger partial charge is 0.486 e. The van der Waals surface area contributed by atoms with Gasteiger partial charge in [0.25, 0.3) is 0 Å². The van der Waals surface area contributed by atoms with Gasteiger partial charge in [0.1, 0.15) is 40.9 Å². The smallest absolute Gasteiger partial charge is 0.410 e. The average molecular weight is 896 g/mol. The van der Waals surface area contributed by atoms with Gasteiger partial charge >= 0.3 is 12.2 Å². The number of rotatable bonds is 13. The number of carbonyl (C=O) groups excluding carboxylic acids is 3. The first kappa shape index (κ1) is 45.2. The van der Waals surface area contributed by atoms with E-state index < -0.39 is 39.9 Å². The number of amides is 3. The zero-order valence-electron chi connectivity index (χ0n) is 36.0. The number of ether oxygens (including phenoxy) is 3. The molecule has 1 saturated heterocycles. The maximum atomic E-state index is 14.9. The average Bonchev–Trinajstić information content (AvgIpc) is 4.16. The fraction of sp³-hybridized carbons (Fsp3) is 0.489. The molecule has 62 heavy (non-hydrogen) atoms. The highest BCUT2D eigenvalue weighted by atomic mass is 35.5. The van der Waals surface area contributed by atoms with E-state index in [9.17, 15) is 23.2 Å². The predicted molar refractivity (Wildman–Crippen MR) is 231 cm³/mol. The van der Waals surface area contributed by atoms with E-state index in [0.29, 0.717) is 43.2 Å². The molecule has 15 heteroatoms. The summed E-state index contributed by atoms with van der Waals surface area (Å²) in [6, 6.07) is 16.9. The van der Waals surface area contributed by atoms with E-state index in [1.807, 2.05) is 81.7 Å². The number of halogens is 4. The molecule has 1 aliphatic heterocycles. The normalized spacial score (nSPS) is 18.0. The van der Waals surface area contributed by atoms with Gasteiger partial charge < -0.3 is 33.4 Å². The van der Waals surface area contributed by atoms with Crippen LogP contribution in [0.5, 0.6) is 5.75 Å². The SMILES string of the molecule is CC(C)(C)OC(=O)N1CC[C@H](c2ccc(OCc3cc(-c4c(F)ccc(F)c4Cl)no3)cc2)[C@@H](C(=O)N(Cc2cc(CCN(C(=O)OC(C)(C)C)C3CC3)ccc2Cl)C2CC2)C1. The van der Waals surface area contributed by atoms with Crippen LogP contribution in [-0.4, -0.2) is 80.9 Å². The summed E-state index contributed by atoms with van der Waals surface area (Å²) >= 11 is 12.8. The Balaban J connectivity index is 1.07. The molecule has 3 aliphatic rings. The minimum absolute atomic E-state index is 0.0399. The third kappa shape index (κ3) is 11.4. The third-order valence-corrected chi connectivity index (χ3v) is 11.8. The lowest BCUT2D eigenvalue weighted by molar-refractivity contribution is -0.139. The Morgan fingerprint density at radius 2 is 1.50 bits per heavy atom. The van der Waals surface area contributed by atoms with Crippen molar-refractivity contribution >= 4 is 41.3 Å². The number of hydrogen-bond acceptors (Lipinski definition) is 8. The standard InChI is InChI=1S/C47H54Cl2F2N4O7/c1-46(2,3)60-44(57)53-21-20-35(29-8-14-33(15-9-29)59-27-34-24-40(52-62-34)41-38(50)17-18-39(51)42(41)49)36(26-53)43(56)55(32-12-13-32)25-30-23-28(7-16-37(30)48)19-22-54(31-10-11-31)45(58)61-47(4,5)6/h7-9,14-18,23-24,31-32,35-36H,10-13,19-22,25-27H2,1-6H3/t35-,36+/m1/s1. The molecule has 3 aromatic carbocycles. The Kier molecular flexibility index (Phi) is 13.4. The van der Waals surface area contributed by atoms with E-state index in [1.165, 1.54) is 6.07 Å². The van der Waals surface area contributed by atoms with Crippen molar-refractivity contribution in [3.05, 3.63) is 105 Å². The minimum Gasteiger partial charge on any atom is -0.486 e. The molecule has 11 nitrogen and oxygen atoms in total. The Morgan fingerprint density at radius 3 is 2.16 bits per heavy atom. The summed E-state index contributed by atoms with van der Waals surface area (Å²) in [6.07, 6.45) is 4.01. The summed E-state index contributed by atoms with van der Waals surface area (Å²) in [5.41, 5.74) is 1.29. The van der Waals surface area contributed by atoms with Crippen LogP contribution in [-0.2, 0) is 33.8 Å². The van der Waals surface area contributed by atoms with Crippen LogP contribution >= 0.6 is 23.2 Å². The lowest BCUT2D eigenvalue weighted by Gasteiger charge is -2.40. The summed E-state index contributed by atoms with van der Waals surface area (Å²) < 4.78 is 51.3. The van der Waals surface area contributed by atoms with Gasteiger partial charge in [-0.25, -0.2) is 18.4 Å². The number of piperidine rings is 1. The molecule has 2 aliphatic carbocycles. The summed E-state index contributed by atoms with van der Waals surface area (Å²) in [6.45, 7) is 12.4. The van der Waals surface area contributed by atoms with E-state index in [-0.39, 0.29) is 60.2 Å². The van der Waals surface area contributed by atoms with Gasteiger partial charge in [-0.3, -0.25) is 4.79 Å². The molecule has 0 radical (unpaired) electrons. The van der Waals surface area contributed by atoms with E-state index in [1.54, 1.807) is 17.0 Å². The first-order valence-electron chi connectivity index (χ1n) is 21.2. The number of likely N-dealkylation sites (tertiary alicyclic amines) is 1. The predicted octanol–water partition coefficient (Wildman–Crippen LogP) is 11.0. The van der Waals surface area contributed by atoms with E-state index in [4.69, 9.17) is 41.9 Å². The minimum atomic E-state index is -0.775. The van der Waals surface area contributed by atoms with Crippen molar-refractivity contribution in [1.29, 1.82) is 0 Å². The molecule has 2 atom stereocenters. The van der Waals surface area contributed by atoms with Crippen LogP contribution in [0.15, 0.2) is 65.2 Å². The second kappa shape index (κ2) is 18.5. The molecule has 3 fully saturated rings. The summed E-state index contributed by atoms with van der Waals surface area (Å²) in [5.74, 6) is -1.58. The Labute approximate surface area is 371 Å². The van der Waals surface area contributed by atoms with Gasteiger partial charge in [0.2, 0.25) is 5.91 Å². The maximum Gasteiger partial charge on any atom is 0.410 e. The molecule has 0 N–H and O–H groups in total. The van der Waals surface area contributed by atoms with E-state index in [2.05, 4.69) is 5.16 Å².